The topological polar surface area (TPSA) is 56.0 Å². The van der Waals surface area contributed by atoms with E-state index in [-0.39, 0.29) is 11.7 Å². The van der Waals surface area contributed by atoms with E-state index in [1.54, 1.807) is 6.92 Å². The average Bonchev–Trinajstić information content (AvgIpc) is 2.85. The normalized spacial score (nSPS) is 12.4. The van der Waals surface area contributed by atoms with E-state index in [4.69, 9.17) is 4.52 Å². The van der Waals surface area contributed by atoms with Gasteiger partial charge in [0.15, 0.2) is 5.82 Å². The van der Waals surface area contributed by atoms with Gasteiger partial charge >= 0.3 is 0 Å². The second-order valence-corrected chi connectivity index (χ2v) is 4.76. The van der Waals surface area contributed by atoms with E-state index in [1.165, 1.54) is 5.56 Å². The highest BCUT2D eigenvalue weighted by Crippen LogP contribution is 2.17. The molecule has 0 N–H and O–H groups in total. The highest BCUT2D eigenvalue weighted by atomic mass is 16.5. The Balaban J connectivity index is 2.11. The van der Waals surface area contributed by atoms with Crippen LogP contribution in [0.3, 0.4) is 0 Å². The molecule has 19 heavy (non-hydrogen) atoms. The van der Waals surface area contributed by atoms with Crippen molar-refractivity contribution in [2.24, 2.45) is 0 Å². The maximum absolute atomic E-state index is 11.6. The molecule has 0 aliphatic rings. The van der Waals surface area contributed by atoms with Crippen LogP contribution in [0.15, 0.2) is 28.8 Å². The van der Waals surface area contributed by atoms with Crippen LogP contribution in [0.25, 0.3) is 0 Å². The molecule has 0 aliphatic carbocycles. The van der Waals surface area contributed by atoms with Gasteiger partial charge in [0.05, 0.1) is 5.92 Å². The van der Waals surface area contributed by atoms with Gasteiger partial charge in [-0.25, -0.2) is 0 Å². The minimum Gasteiger partial charge on any atom is -0.339 e. The highest BCUT2D eigenvalue weighted by Gasteiger charge is 2.20. The molecular weight excluding hydrogens is 240 g/mol. The second kappa shape index (κ2) is 5.78. The molecule has 0 fully saturated rings. The number of carbonyl (C=O) groups is 1. The lowest BCUT2D eigenvalue weighted by atomic mass is 10.1. The van der Waals surface area contributed by atoms with E-state index < -0.39 is 0 Å². The summed E-state index contributed by atoms with van der Waals surface area (Å²) in [6.07, 6.45) is 1.11. The number of hydrogen-bond donors (Lipinski definition) is 0. The fourth-order valence-electron chi connectivity index (χ4n) is 1.96. The molecule has 1 unspecified atom stereocenters. The van der Waals surface area contributed by atoms with Crippen LogP contribution in [-0.2, 0) is 11.2 Å². The minimum absolute atomic E-state index is 0.116. The third-order valence-electron chi connectivity index (χ3n) is 3.13. The Labute approximate surface area is 112 Å². The standard InChI is InChI=1S/C15H18N2O2/c1-4-13(18)11(3)15-16-14(17-19-15)9-12-7-5-6-10(2)8-12/h5-8,11H,4,9H2,1-3H3. The van der Waals surface area contributed by atoms with Crippen molar-refractivity contribution in [3.63, 3.8) is 0 Å². The monoisotopic (exact) mass is 258 g/mol. The summed E-state index contributed by atoms with van der Waals surface area (Å²) in [6.45, 7) is 5.69. The number of nitrogens with zero attached hydrogens (tertiary/aromatic N) is 2. The van der Waals surface area contributed by atoms with E-state index in [9.17, 15) is 4.79 Å². The predicted octanol–water partition coefficient (Wildman–Crippen LogP) is 3.05. The molecule has 2 rings (SSSR count). The Bertz CT molecular complexity index is 575. The maximum atomic E-state index is 11.6. The molecule has 0 radical (unpaired) electrons. The summed E-state index contributed by atoms with van der Waals surface area (Å²) in [5, 5.41) is 3.94. The first-order valence-corrected chi connectivity index (χ1v) is 6.51. The Morgan fingerprint density at radius 3 is 2.89 bits per heavy atom. The van der Waals surface area contributed by atoms with E-state index >= 15 is 0 Å². The van der Waals surface area contributed by atoms with E-state index in [1.807, 2.05) is 32.0 Å². The maximum Gasteiger partial charge on any atom is 0.236 e. The van der Waals surface area contributed by atoms with Gasteiger partial charge in [0.2, 0.25) is 5.89 Å². The molecule has 2 aromatic rings. The molecule has 0 saturated carbocycles. The molecule has 1 heterocycles. The summed E-state index contributed by atoms with van der Waals surface area (Å²) in [5.74, 6) is 0.834. The van der Waals surface area contributed by atoms with Gasteiger partial charge in [0.25, 0.3) is 0 Å². The smallest absolute Gasteiger partial charge is 0.236 e. The van der Waals surface area contributed by atoms with Crippen molar-refractivity contribution in [2.75, 3.05) is 0 Å². The highest BCUT2D eigenvalue weighted by molar-refractivity contribution is 5.83. The van der Waals surface area contributed by atoms with Crippen LogP contribution in [0.2, 0.25) is 0 Å². The quantitative estimate of drug-likeness (QED) is 0.827. The number of hydrogen-bond acceptors (Lipinski definition) is 4. The van der Waals surface area contributed by atoms with Crippen LogP contribution in [-0.4, -0.2) is 15.9 Å². The number of aromatic nitrogens is 2. The van der Waals surface area contributed by atoms with E-state index in [2.05, 4.69) is 16.2 Å². The SMILES string of the molecule is CCC(=O)C(C)c1nc(Cc2cccc(C)c2)no1. The van der Waals surface area contributed by atoms with Crippen LogP contribution in [0, 0.1) is 6.92 Å². The first-order chi connectivity index (χ1) is 9.10. The van der Waals surface area contributed by atoms with Gasteiger partial charge in [-0.3, -0.25) is 4.79 Å². The minimum atomic E-state index is -0.316. The molecule has 0 amide bonds. The van der Waals surface area contributed by atoms with Crippen molar-refractivity contribution >= 4 is 5.78 Å². The first-order valence-electron chi connectivity index (χ1n) is 6.51. The van der Waals surface area contributed by atoms with Gasteiger partial charge in [0.1, 0.15) is 5.78 Å². The fourth-order valence-corrected chi connectivity index (χ4v) is 1.96. The summed E-state index contributed by atoms with van der Waals surface area (Å²) in [4.78, 5) is 15.9. The van der Waals surface area contributed by atoms with Crippen LogP contribution < -0.4 is 0 Å². The van der Waals surface area contributed by atoms with Crippen molar-refractivity contribution < 1.29 is 9.32 Å². The number of Topliss-reactive ketones (excluding diaryl/α,β-unsaturated/α-hetero) is 1. The van der Waals surface area contributed by atoms with Crippen LogP contribution in [0.1, 0.15) is 49.0 Å². The van der Waals surface area contributed by atoms with Crippen molar-refractivity contribution in [3.05, 3.63) is 47.1 Å². The first kappa shape index (κ1) is 13.5. The van der Waals surface area contributed by atoms with Crippen molar-refractivity contribution in [3.8, 4) is 0 Å². The largest absolute Gasteiger partial charge is 0.339 e. The van der Waals surface area contributed by atoms with Gasteiger partial charge in [-0.05, 0) is 19.4 Å². The van der Waals surface area contributed by atoms with Crippen molar-refractivity contribution in [2.45, 2.75) is 39.5 Å². The molecular formula is C15H18N2O2. The van der Waals surface area contributed by atoms with Gasteiger partial charge in [-0.1, -0.05) is 41.9 Å². The summed E-state index contributed by atoms with van der Waals surface area (Å²) in [5.41, 5.74) is 2.34. The zero-order valence-electron chi connectivity index (χ0n) is 11.5. The third kappa shape index (κ3) is 3.28. The van der Waals surface area contributed by atoms with Gasteiger partial charge in [-0.2, -0.15) is 4.98 Å². The Hall–Kier alpha value is -1.97. The number of aryl methyl sites for hydroxylation is 1. The number of benzene rings is 1. The molecule has 4 nitrogen and oxygen atoms in total. The molecule has 0 aliphatic heterocycles. The van der Waals surface area contributed by atoms with Crippen molar-refractivity contribution in [1.82, 2.24) is 10.1 Å². The number of carbonyl (C=O) groups excluding carboxylic acids is 1. The lowest BCUT2D eigenvalue weighted by Gasteiger charge is -2.01. The number of ketones is 1. The summed E-state index contributed by atoms with van der Waals surface area (Å²) in [6, 6.07) is 8.18. The zero-order valence-corrected chi connectivity index (χ0v) is 11.5. The molecule has 1 aromatic heterocycles. The number of rotatable bonds is 5. The van der Waals surface area contributed by atoms with E-state index in [0.717, 1.165) is 5.56 Å². The fraction of sp³-hybridized carbons (Fsp3) is 0.400. The molecule has 4 heteroatoms. The average molecular weight is 258 g/mol. The predicted molar refractivity (Wildman–Crippen MR) is 72.0 cm³/mol. The summed E-state index contributed by atoms with van der Waals surface area (Å²) >= 11 is 0. The zero-order chi connectivity index (χ0) is 13.8. The summed E-state index contributed by atoms with van der Waals surface area (Å²) < 4.78 is 5.17. The van der Waals surface area contributed by atoms with Gasteiger partial charge in [0, 0.05) is 12.8 Å². The molecule has 1 atom stereocenters. The van der Waals surface area contributed by atoms with Crippen LogP contribution >= 0.6 is 0 Å². The van der Waals surface area contributed by atoms with Crippen molar-refractivity contribution in [1.29, 1.82) is 0 Å². The van der Waals surface area contributed by atoms with Gasteiger partial charge < -0.3 is 4.52 Å². The third-order valence-corrected chi connectivity index (χ3v) is 3.13. The van der Waals surface area contributed by atoms with Crippen LogP contribution in [0.4, 0.5) is 0 Å². The Morgan fingerprint density at radius 2 is 2.21 bits per heavy atom. The van der Waals surface area contributed by atoms with Gasteiger partial charge in [-0.15, -0.1) is 0 Å². The molecule has 100 valence electrons. The molecule has 1 aromatic carbocycles. The van der Waals surface area contributed by atoms with Crippen LogP contribution in [0.5, 0.6) is 0 Å². The molecule has 0 bridgehead atoms. The lowest BCUT2D eigenvalue weighted by molar-refractivity contribution is -0.120. The molecule has 0 spiro atoms. The second-order valence-electron chi connectivity index (χ2n) is 4.76. The Kier molecular flexibility index (Phi) is 4.10. The lowest BCUT2D eigenvalue weighted by Crippen LogP contribution is -2.07. The summed E-state index contributed by atoms with van der Waals surface area (Å²) in [7, 11) is 0. The molecule has 0 saturated heterocycles. The Morgan fingerprint density at radius 1 is 1.42 bits per heavy atom. The van der Waals surface area contributed by atoms with E-state index in [0.29, 0.717) is 24.6 Å².